The number of piperidine rings is 1. The van der Waals surface area contributed by atoms with E-state index in [9.17, 15) is 9.59 Å². The maximum absolute atomic E-state index is 12.0. The average molecular weight is 265 g/mol. The number of carboxylic acids is 1. The molecule has 0 bridgehead atoms. The number of nitrogens with zero attached hydrogens (tertiary/aromatic N) is 1. The normalized spacial score (nSPS) is 19.4. The zero-order valence-electron chi connectivity index (χ0n) is 11.1. The Balaban J connectivity index is 1.84. The number of hydrogen-bond acceptors (Lipinski definition) is 3. The maximum atomic E-state index is 12.0. The van der Waals surface area contributed by atoms with Gasteiger partial charge >= 0.3 is 5.97 Å². The minimum atomic E-state index is -0.806. The molecular weight excluding hydrogens is 246 g/mol. The van der Waals surface area contributed by atoms with Crippen LogP contribution in [0.15, 0.2) is 16.5 Å². The summed E-state index contributed by atoms with van der Waals surface area (Å²) in [5, 5.41) is 9.00. The number of aliphatic carboxylic acids is 1. The van der Waals surface area contributed by atoms with Crippen LogP contribution in [0.5, 0.6) is 0 Å². The molecular formula is C14H19NO4. The number of hydrogen-bond donors (Lipinski definition) is 1. The zero-order chi connectivity index (χ0) is 13.8. The molecule has 1 aromatic rings. The minimum absolute atomic E-state index is 0.0139. The standard InChI is InChI=1S/C14H19NO4/c1-10-4-5-12(19-10)6-7-13(16)15-8-2-3-11(9-15)14(17)18/h4-5,11H,2-3,6-9H2,1H3,(H,17,18). The van der Waals surface area contributed by atoms with Gasteiger partial charge in [-0.3, -0.25) is 9.59 Å². The molecule has 1 saturated heterocycles. The molecule has 2 rings (SSSR count). The fourth-order valence-corrected chi connectivity index (χ4v) is 2.41. The summed E-state index contributed by atoms with van der Waals surface area (Å²) in [6.45, 7) is 2.87. The van der Waals surface area contributed by atoms with E-state index in [1.54, 1.807) is 4.90 Å². The Morgan fingerprint density at radius 3 is 2.89 bits per heavy atom. The highest BCUT2D eigenvalue weighted by atomic mass is 16.4. The third-order valence-electron chi connectivity index (χ3n) is 3.50. The second-order valence-electron chi connectivity index (χ2n) is 5.03. The minimum Gasteiger partial charge on any atom is -0.481 e. The van der Waals surface area contributed by atoms with Crippen LogP contribution in [0.4, 0.5) is 0 Å². The highest BCUT2D eigenvalue weighted by Gasteiger charge is 2.27. The Kier molecular flexibility index (Phi) is 4.24. The van der Waals surface area contributed by atoms with Crippen molar-refractivity contribution < 1.29 is 19.1 Å². The van der Waals surface area contributed by atoms with Crippen LogP contribution >= 0.6 is 0 Å². The lowest BCUT2D eigenvalue weighted by molar-refractivity contribution is -0.145. The van der Waals surface area contributed by atoms with Gasteiger partial charge in [-0.2, -0.15) is 0 Å². The van der Waals surface area contributed by atoms with Gasteiger partial charge in [-0.25, -0.2) is 0 Å². The quantitative estimate of drug-likeness (QED) is 0.901. The van der Waals surface area contributed by atoms with Gasteiger partial charge < -0.3 is 14.4 Å². The molecule has 1 aromatic heterocycles. The molecule has 2 heterocycles. The molecule has 0 saturated carbocycles. The summed E-state index contributed by atoms with van der Waals surface area (Å²) < 4.78 is 5.42. The number of aryl methyl sites for hydroxylation is 2. The van der Waals surface area contributed by atoms with E-state index >= 15 is 0 Å². The second kappa shape index (κ2) is 5.91. The van der Waals surface area contributed by atoms with Crippen molar-refractivity contribution in [1.82, 2.24) is 4.90 Å². The van der Waals surface area contributed by atoms with E-state index in [1.165, 1.54) is 0 Å². The third-order valence-corrected chi connectivity index (χ3v) is 3.50. The fourth-order valence-electron chi connectivity index (χ4n) is 2.41. The number of rotatable bonds is 4. The topological polar surface area (TPSA) is 70.8 Å². The van der Waals surface area contributed by atoms with Crippen LogP contribution < -0.4 is 0 Å². The number of carbonyl (C=O) groups excluding carboxylic acids is 1. The molecule has 0 aromatic carbocycles. The van der Waals surface area contributed by atoms with Crippen LogP contribution in [0.3, 0.4) is 0 Å². The largest absolute Gasteiger partial charge is 0.481 e. The van der Waals surface area contributed by atoms with Gasteiger partial charge in [0.15, 0.2) is 0 Å². The number of carboxylic acid groups (broad SMARTS) is 1. The fraction of sp³-hybridized carbons (Fsp3) is 0.571. The van der Waals surface area contributed by atoms with Gasteiger partial charge in [-0.05, 0) is 31.9 Å². The van der Waals surface area contributed by atoms with E-state index in [2.05, 4.69) is 0 Å². The Morgan fingerprint density at radius 1 is 1.47 bits per heavy atom. The Bertz CT molecular complexity index is 466. The predicted octanol–water partition coefficient (Wildman–Crippen LogP) is 1.84. The zero-order valence-corrected chi connectivity index (χ0v) is 11.1. The molecule has 5 heteroatoms. The van der Waals surface area contributed by atoms with Crippen molar-refractivity contribution in [3.8, 4) is 0 Å². The van der Waals surface area contributed by atoms with Crippen molar-refractivity contribution in [2.45, 2.75) is 32.6 Å². The average Bonchev–Trinajstić information content (AvgIpc) is 2.82. The first-order valence-electron chi connectivity index (χ1n) is 6.62. The molecule has 1 unspecified atom stereocenters. The Labute approximate surface area is 112 Å². The Hall–Kier alpha value is -1.78. The van der Waals surface area contributed by atoms with Crippen LogP contribution in [0.25, 0.3) is 0 Å². The summed E-state index contributed by atoms with van der Waals surface area (Å²) in [5.74, 6) is 0.437. The number of carbonyl (C=O) groups is 2. The monoisotopic (exact) mass is 265 g/mol. The van der Waals surface area contributed by atoms with Crippen LogP contribution in [0.1, 0.15) is 30.8 Å². The van der Waals surface area contributed by atoms with E-state index < -0.39 is 11.9 Å². The highest BCUT2D eigenvalue weighted by molar-refractivity contribution is 5.78. The van der Waals surface area contributed by atoms with Crippen molar-refractivity contribution in [3.63, 3.8) is 0 Å². The molecule has 0 spiro atoms. The molecule has 1 aliphatic rings. The van der Waals surface area contributed by atoms with Gasteiger partial charge in [-0.1, -0.05) is 0 Å². The lowest BCUT2D eigenvalue weighted by Crippen LogP contribution is -2.42. The molecule has 1 fully saturated rings. The van der Waals surface area contributed by atoms with Crippen LogP contribution in [0, 0.1) is 12.8 Å². The first-order chi connectivity index (χ1) is 9.06. The van der Waals surface area contributed by atoms with Crippen molar-refractivity contribution in [3.05, 3.63) is 23.7 Å². The Morgan fingerprint density at radius 2 is 2.26 bits per heavy atom. The van der Waals surface area contributed by atoms with Gasteiger partial charge in [0.2, 0.25) is 5.91 Å². The van der Waals surface area contributed by atoms with Crippen LogP contribution in [-0.4, -0.2) is 35.0 Å². The molecule has 1 N–H and O–H groups in total. The van der Waals surface area contributed by atoms with Crippen molar-refractivity contribution in [2.24, 2.45) is 5.92 Å². The van der Waals surface area contributed by atoms with E-state index in [4.69, 9.17) is 9.52 Å². The van der Waals surface area contributed by atoms with E-state index in [-0.39, 0.29) is 5.91 Å². The SMILES string of the molecule is Cc1ccc(CCC(=O)N2CCCC(C(=O)O)C2)o1. The lowest BCUT2D eigenvalue weighted by Gasteiger charge is -2.30. The van der Waals surface area contributed by atoms with Gasteiger partial charge in [-0.15, -0.1) is 0 Å². The second-order valence-corrected chi connectivity index (χ2v) is 5.03. The third kappa shape index (κ3) is 3.59. The molecule has 1 amide bonds. The summed E-state index contributed by atoms with van der Waals surface area (Å²) >= 11 is 0. The first-order valence-corrected chi connectivity index (χ1v) is 6.62. The molecule has 1 atom stereocenters. The molecule has 5 nitrogen and oxygen atoms in total. The summed E-state index contributed by atoms with van der Waals surface area (Å²) in [7, 11) is 0. The van der Waals surface area contributed by atoms with E-state index in [0.717, 1.165) is 17.9 Å². The van der Waals surface area contributed by atoms with Gasteiger partial charge in [0.1, 0.15) is 11.5 Å². The number of amides is 1. The lowest BCUT2D eigenvalue weighted by atomic mass is 9.98. The maximum Gasteiger partial charge on any atom is 0.308 e. The number of furan rings is 1. The predicted molar refractivity (Wildman–Crippen MR) is 68.7 cm³/mol. The van der Waals surface area contributed by atoms with E-state index in [0.29, 0.717) is 32.4 Å². The number of likely N-dealkylation sites (tertiary alicyclic amines) is 1. The van der Waals surface area contributed by atoms with Gasteiger partial charge in [0.05, 0.1) is 5.92 Å². The molecule has 0 aliphatic carbocycles. The molecule has 104 valence electrons. The van der Waals surface area contributed by atoms with Crippen molar-refractivity contribution in [2.75, 3.05) is 13.1 Å². The highest BCUT2D eigenvalue weighted by Crippen LogP contribution is 2.18. The summed E-state index contributed by atoms with van der Waals surface area (Å²) in [4.78, 5) is 24.7. The van der Waals surface area contributed by atoms with Crippen molar-refractivity contribution in [1.29, 1.82) is 0 Å². The van der Waals surface area contributed by atoms with Crippen LogP contribution in [0.2, 0.25) is 0 Å². The van der Waals surface area contributed by atoms with Crippen molar-refractivity contribution >= 4 is 11.9 Å². The smallest absolute Gasteiger partial charge is 0.308 e. The summed E-state index contributed by atoms with van der Waals surface area (Å²) in [6.07, 6.45) is 2.37. The van der Waals surface area contributed by atoms with Gasteiger partial charge in [0.25, 0.3) is 0 Å². The van der Waals surface area contributed by atoms with E-state index in [1.807, 2.05) is 19.1 Å². The summed E-state index contributed by atoms with van der Waals surface area (Å²) in [6, 6.07) is 3.75. The summed E-state index contributed by atoms with van der Waals surface area (Å²) in [5.41, 5.74) is 0. The molecule has 19 heavy (non-hydrogen) atoms. The molecule has 0 radical (unpaired) electrons. The molecule has 1 aliphatic heterocycles. The first kappa shape index (κ1) is 13.6. The van der Waals surface area contributed by atoms with Gasteiger partial charge in [0, 0.05) is 25.9 Å². The van der Waals surface area contributed by atoms with Crippen LogP contribution in [-0.2, 0) is 16.0 Å².